The molecule has 0 aliphatic rings. The van der Waals surface area contributed by atoms with Gasteiger partial charge >= 0.3 is 0 Å². The van der Waals surface area contributed by atoms with E-state index in [9.17, 15) is 0 Å². The van der Waals surface area contributed by atoms with Gasteiger partial charge in [-0.15, -0.1) is 0 Å². The Labute approximate surface area is 98.7 Å². The topological polar surface area (TPSA) is 44.5 Å². The Bertz CT molecular complexity index is 342. The molecule has 0 amide bonds. The van der Waals surface area contributed by atoms with E-state index in [1.54, 1.807) is 14.2 Å². The molecule has 1 aromatic carbocycles. The molecule has 0 fully saturated rings. The normalized spacial score (nSPS) is 12.3. The Hall–Kier alpha value is -0.740. The van der Waals surface area contributed by atoms with Crippen molar-refractivity contribution in [2.45, 2.75) is 19.4 Å². The van der Waals surface area contributed by atoms with Crippen LogP contribution in [0.2, 0.25) is 0 Å². The molecular formula is C11H16BrNO2. The van der Waals surface area contributed by atoms with Crippen molar-refractivity contribution in [3.8, 4) is 11.5 Å². The Morgan fingerprint density at radius 1 is 1.33 bits per heavy atom. The summed E-state index contributed by atoms with van der Waals surface area (Å²) in [6.45, 7) is 2.04. The van der Waals surface area contributed by atoms with Crippen LogP contribution in [0.15, 0.2) is 16.6 Å². The molecule has 0 saturated heterocycles. The van der Waals surface area contributed by atoms with E-state index in [4.69, 9.17) is 15.2 Å². The van der Waals surface area contributed by atoms with Gasteiger partial charge in [0.05, 0.1) is 14.2 Å². The van der Waals surface area contributed by atoms with Crippen LogP contribution in [0.3, 0.4) is 0 Å². The van der Waals surface area contributed by atoms with Crippen molar-refractivity contribution in [2.24, 2.45) is 5.73 Å². The molecule has 0 aliphatic heterocycles. The predicted molar refractivity (Wildman–Crippen MR) is 64.5 cm³/mol. The fraction of sp³-hybridized carbons (Fsp3) is 0.455. The molecule has 1 rings (SSSR count). The number of hydrogen-bond donors (Lipinski definition) is 1. The van der Waals surface area contributed by atoms with Crippen LogP contribution in [0.1, 0.15) is 24.9 Å². The molecule has 1 aromatic rings. The molecule has 0 heterocycles. The highest BCUT2D eigenvalue weighted by Gasteiger charge is 2.16. The fourth-order valence-electron chi connectivity index (χ4n) is 1.43. The number of ether oxygens (including phenoxy) is 2. The largest absolute Gasteiger partial charge is 0.495 e. The van der Waals surface area contributed by atoms with E-state index in [0.29, 0.717) is 0 Å². The van der Waals surface area contributed by atoms with Crippen molar-refractivity contribution < 1.29 is 9.47 Å². The molecule has 0 spiro atoms. The Morgan fingerprint density at radius 3 is 2.47 bits per heavy atom. The summed E-state index contributed by atoms with van der Waals surface area (Å²) in [6, 6.07) is 3.82. The van der Waals surface area contributed by atoms with Crippen molar-refractivity contribution in [3.05, 3.63) is 22.2 Å². The maximum Gasteiger partial charge on any atom is 0.141 e. The van der Waals surface area contributed by atoms with Crippen molar-refractivity contribution in [1.29, 1.82) is 0 Å². The maximum absolute atomic E-state index is 5.99. The summed E-state index contributed by atoms with van der Waals surface area (Å²) in [6.07, 6.45) is 0.870. The standard InChI is InChI=1S/C11H16BrNO2/c1-4-8(13)7-5-6-9(14-2)10(12)11(7)15-3/h5-6,8H,4,13H2,1-3H3/t8-/m0/s1. The summed E-state index contributed by atoms with van der Waals surface area (Å²) in [7, 11) is 3.25. The summed E-state index contributed by atoms with van der Waals surface area (Å²) in [5.41, 5.74) is 6.98. The van der Waals surface area contributed by atoms with E-state index in [-0.39, 0.29) is 6.04 Å². The Balaban J connectivity index is 3.24. The zero-order valence-electron chi connectivity index (χ0n) is 9.21. The Morgan fingerprint density at radius 2 is 2.00 bits per heavy atom. The second kappa shape index (κ2) is 5.37. The van der Waals surface area contributed by atoms with Crippen LogP contribution >= 0.6 is 15.9 Å². The van der Waals surface area contributed by atoms with Gasteiger partial charge in [0.15, 0.2) is 0 Å². The van der Waals surface area contributed by atoms with E-state index in [0.717, 1.165) is 28.0 Å². The number of halogens is 1. The quantitative estimate of drug-likeness (QED) is 0.918. The number of hydrogen-bond acceptors (Lipinski definition) is 3. The van der Waals surface area contributed by atoms with Crippen LogP contribution < -0.4 is 15.2 Å². The van der Waals surface area contributed by atoms with E-state index in [1.807, 2.05) is 19.1 Å². The van der Waals surface area contributed by atoms with Gasteiger partial charge < -0.3 is 15.2 Å². The van der Waals surface area contributed by atoms with Crippen molar-refractivity contribution >= 4 is 15.9 Å². The second-order valence-electron chi connectivity index (χ2n) is 3.22. The number of methoxy groups -OCH3 is 2. The van der Waals surface area contributed by atoms with Crippen LogP contribution in [0, 0.1) is 0 Å². The van der Waals surface area contributed by atoms with Gasteiger partial charge in [-0.1, -0.05) is 6.92 Å². The Kier molecular flexibility index (Phi) is 4.42. The van der Waals surface area contributed by atoms with Gasteiger partial charge in [-0.25, -0.2) is 0 Å². The molecule has 4 heteroatoms. The summed E-state index contributed by atoms with van der Waals surface area (Å²) in [5.74, 6) is 1.50. The smallest absolute Gasteiger partial charge is 0.141 e. The average Bonchev–Trinajstić information content (AvgIpc) is 2.27. The molecule has 0 aliphatic carbocycles. The number of nitrogens with two attached hydrogens (primary N) is 1. The molecule has 0 saturated carbocycles. The van der Waals surface area contributed by atoms with Crippen LogP contribution in [0.25, 0.3) is 0 Å². The van der Waals surface area contributed by atoms with Crippen molar-refractivity contribution in [2.75, 3.05) is 14.2 Å². The van der Waals surface area contributed by atoms with Crippen LogP contribution in [-0.2, 0) is 0 Å². The molecule has 3 nitrogen and oxygen atoms in total. The van der Waals surface area contributed by atoms with E-state index >= 15 is 0 Å². The zero-order valence-corrected chi connectivity index (χ0v) is 10.8. The number of benzene rings is 1. The van der Waals surface area contributed by atoms with Gasteiger partial charge in [-0.3, -0.25) is 0 Å². The lowest BCUT2D eigenvalue weighted by Crippen LogP contribution is -2.10. The molecule has 2 N–H and O–H groups in total. The highest BCUT2D eigenvalue weighted by Crippen LogP contribution is 2.39. The first-order valence-corrected chi connectivity index (χ1v) is 5.60. The lowest BCUT2D eigenvalue weighted by atomic mass is 10.0. The summed E-state index contributed by atoms with van der Waals surface area (Å²) < 4.78 is 11.3. The van der Waals surface area contributed by atoms with Gasteiger partial charge in [-0.2, -0.15) is 0 Å². The van der Waals surface area contributed by atoms with E-state index in [1.165, 1.54) is 0 Å². The molecule has 1 atom stereocenters. The fourth-order valence-corrected chi connectivity index (χ4v) is 2.11. The van der Waals surface area contributed by atoms with Crippen LogP contribution in [0.4, 0.5) is 0 Å². The first kappa shape index (κ1) is 12.3. The summed E-state index contributed by atoms with van der Waals surface area (Å²) >= 11 is 3.44. The first-order valence-electron chi connectivity index (χ1n) is 4.81. The van der Waals surface area contributed by atoms with E-state index < -0.39 is 0 Å². The minimum atomic E-state index is -0.0119. The average molecular weight is 274 g/mol. The third kappa shape index (κ3) is 2.44. The summed E-state index contributed by atoms with van der Waals surface area (Å²) in [4.78, 5) is 0. The minimum Gasteiger partial charge on any atom is -0.495 e. The SMILES string of the molecule is CC[C@H](N)c1ccc(OC)c(Br)c1OC. The van der Waals surface area contributed by atoms with Gasteiger partial charge in [0.2, 0.25) is 0 Å². The second-order valence-corrected chi connectivity index (χ2v) is 4.01. The lowest BCUT2D eigenvalue weighted by molar-refractivity contribution is 0.383. The maximum atomic E-state index is 5.99. The first-order chi connectivity index (χ1) is 7.15. The predicted octanol–water partition coefficient (Wildman–Crippen LogP) is 2.88. The van der Waals surface area contributed by atoms with Gasteiger partial charge in [0.25, 0.3) is 0 Å². The molecule has 0 aromatic heterocycles. The lowest BCUT2D eigenvalue weighted by Gasteiger charge is -2.17. The van der Waals surface area contributed by atoms with Gasteiger partial charge in [-0.05, 0) is 34.5 Å². The molecule has 15 heavy (non-hydrogen) atoms. The zero-order chi connectivity index (χ0) is 11.4. The van der Waals surface area contributed by atoms with Gasteiger partial charge in [0, 0.05) is 11.6 Å². The van der Waals surface area contributed by atoms with Crippen LogP contribution in [0.5, 0.6) is 11.5 Å². The molecular weight excluding hydrogens is 258 g/mol. The third-order valence-electron chi connectivity index (χ3n) is 2.36. The minimum absolute atomic E-state index is 0.0119. The summed E-state index contributed by atoms with van der Waals surface area (Å²) in [5, 5.41) is 0. The van der Waals surface area contributed by atoms with Crippen LogP contribution in [-0.4, -0.2) is 14.2 Å². The highest BCUT2D eigenvalue weighted by molar-refractivity contribution is 9.10. The molecule has 0 bridgehead atoms. The molecule has 84 valence electrons. The number of rotatable bonds is 4. The molecule has 0 unspecified atom stereocenters. The highest BCUT2D eigenvalue weighted by atomic mass is 79.9. The van der Waals surface area contributed by atoms with Crippen molar-refractivity contribution in [3.63, 3.8) is 0 Å². The van der Waals surface area contributed by atoms with E-state index in [2.05, 4.69) is 15.9 Å². The third-order valence-corrected chi connectivity index (χ3v) is 3.11. The van der Waals surface area contributed by atoms with Crippen molar-refractivity contribution in [1.82, 2.24) is 0 Å². The molecule has 0 radical (unpaired) electrons. The monoisotopic (exact) mass is 273 g/mol. The van der Waals surface area contributed by atoms with Gasteiger partial charge in [0.1, 0.15) is 16.0 Å².